The number of rotatable bonds is 1. The summed E-state index contributed by atoms with van der Waals surface area (Å²) < 4.78 is 0. The molecule has 0 saturated carbocycles. The second kappa shape index (κ2) is 4.34. The van der Waals surface area contributed by atoms with Crippen LogP contribution in [0.25, 0.3) is 0 Å². The summed E-state index contributed by atoms with van der Waals surface area (Å²) in [7, 11) is 0. The average Bonchev–Trinajstić information content (AvgIpc) is 2.74. The Morgan fingerprint density at radius 3 is 2.61 bits per heavy atom. The van der Waals surface area contributed by atoms with Crippen LogP contribution in [0.5, 0.6) is 0 Å². The minimum absolute atomic E-state index is 0.303. The van der Waals surface area contributed by atoms with Gasteiger partial charge in [-0.25, -0.2) is 4.98 Å². The number of nitrogens with zero attached hydrogens (tertiary/aromatic N) is 2. The van der Waals surface area contributed by atoms with E-state index < -0.39 is 0 Å². The van der Waals surface area contributed by atoms with E-state index >= 15 is 0 Å². The second-order valence-corrected chi connectivity index (χ2v) is 7.18. The molecule has 3 rings (SSSR count). The number of aryl methyl sites for hydroxylation is 1. The van der Waals surface area contributed by atoms with Crippen LogP contribution in [0, 0.1) is 5.41 Å². The molecule has 0 unspecified atom stereocenters. The van der Waals surface area contributed by atoms with E-state index in [1.165, 1.54) is 12.8 Å². The van der Waals surface area contributed by atoms with E-state index in [4.69, 9.17) is 4.98 Å². The summed E-state index contributed by atoms with van der Waals surface area (Å²) in [5.74, 6) is 0.303. The molecule has 0 N–H and O–H groups in total. The monoisotopic (exact) mass is 264 g/mol. The van der Waals surface area contributed by atoms with Gasteiger partial charge < -0.3 is 4.90 Å². The minimum Gasteiger partial charge on any atom is -0.348 e. The van der Waals surface area contributed by atoms with Gasteiger partial charge in [-0.2, -0.15) is 0 Å². The Morgan fingerprint density at radius 1 is 1.22 bits per heavy atom. The van der Waals surface area contributed by atoms with E-state index in [1.54, 1.807) is 11.3 Å². The van der Waals surface area contributed by atoms with Gasteiger partial charge in [0.2, 0.25) is 0 Å². The van der Waals surface area contributed by atoms with Crippen LogP contribution in [0.15, 0.2) is 0 Å². The summed E-state index contributed by atoms with van der Waals surface area (Å²) in [6.07, 6.45) is 5.09. The van der Waals surface area contributed by atoms with Crippen molar-refractivity contribution >= 4 is 22.3 Å². The molecular weight excluding hydrogens is 244 g/mol. The maximum Gasteiger partial charge on any atom is 0.186 e. The number of carbonyl (C=O) groups is 1. The number of piperidine rings is 1. The van der Waals surface area contributed by atoms with Crippen LogP contribution < -0.4 is 4.90 Å². The number of hydrogen-bond acceptors (Lipinski definition) is 4. The molecule has 98 valence electrons. The van der Waals surface area contributed by atoms with Crippen molar-refractivity contribution in [2.45, 2.75) is 46.0 Å². The highest BCUT2D eigenvalue weighted by Crippen LogP contribution is 2.36. The number of ketones is 1. The number of thiazole rings is 1. The highest BCUT2D eigenvalue weighted by molar-refractivity contribution is 7.17. The lowest BCUT2D eigenvalue weighted by Gasteiger charge is -2.36. The number of Topliss-reactive ketones (excluding diaryl/α,β-unsaturated/α-hetero) is 1. The van der Waals surface area contributed by atoms with Gasteiger partial charge in [0, 0.05) is 19.5 Å². The number of anilines is 1. The summed E-state index contributed by atoms with van der Waals surface area (Å²) in [6, 6.07) is 0. The molecule has 1 aromatic rings. The van der Waals surface area contributed by atoms with E-state index in [-0.39, 0.29) is 0 Å². The van der Waals surface area contributed by atoms with Gasteiger partial charge in [-0.05, 0) is 31.1 Å². The maximum atomic E-state index is 11.8. The van der Waals surface area contributed by atoms with E-state index in [1.807, 2.05) is 0 Å². The van der Waals surface area contributed by atoms with Crippen LogP contribution in [0.3, 0.4) is 0 Å². The third kappa shape index (κ3) is 2.18. The summed E-state index contributed by atoms with van der Waals surface area (Å²) >= 11 is 1.62. The lowest BCUT2D eigenvalue weighted by Crippen LogP contribution is -2.37. The van der Waals surface area contributed by atoms with Crippen molar-refractivity contribution in [1.29, 1.82) is 0 Å². The fourth-order valence-electron chi connectivity index (χ4n) is 2.70. The van der Waals surface area contributed by atoms with Crippen LogP contribution in [0.1, 0.15) is 54.9 Å². The second-order valence-electron chi connectivity index (χ2n) is 6.20. The number of hydrogen-bond donors (Lipinski definition) is 0. The molecule has 0 amide bonds. The molecule has 0 radical (unpaired) electrons. The molecule has 1 aliphatic carbocycles. The number of fused-ring (bicyclic) bond motifs is 1. The standard InChI is InChI=1S/C14H20N2OS/c1-14(2)6-8-16(9-7-14)13-15-10-4-3-5-11(17)12(10)18-13/h3-9H2,1-2H3. The molecule has 0 bridgehead atoms. The molecule has 0 aromatic carbocycles. The molecule has 0 atom stereocenters. The van der Waals surface area contributed by atoms with Gasteiger partial charge in [-0.15, -0.1) is 0 Å². The summed E-state index contributed by atoms with van der Waals surface area (Å²) in [5.41, 5.74) is 1.51. The molecule has 1 aromatic heterocycles. The SMILES string of the molecule is CC1(C)CCN(c2nc3c(s2)C(=O)CCC3)CC1. The fourth-order valence-corrected chi connectivity index (χ4v) is 3.83. The highest BCUT2D eigenvalue weighted by Gasteiger charge is 2.29. The van der Waals surface area contributed by atoms with Crippen molar-refractivity contribution in [2.24, 2.45) is 5.41 Å². The van der Waals surface area contributed by atoms with Crippen molar-refractivity contribution in [3.05, 3.63) is 10.6 Å². The van der Waals surface area contributed by atoms with Gasteiger partial charge in [0.25, 0.3) is 0 Å². The van der Waals surface area contributed by atoms with Gasteiger partial charge in [0.15, 0.2) is 10.9 Å². The van der Waals surface area contributed by atoms with Crippen molar-refractivity contribution in [2.75, 3.05) is 18.0 Å². The van der Waals surface area contributed by atoms with Gasteiger partial charge in [-0.3, -0.25) is 4.79 Å². The summed E-state index contributed by atoms with van der Waals surface area (Å²) in [5, 5.41) is 1.07. The largest absolute Gasteiger partial charge is 0.348 e. The molecule has 1 fully saturated rings. The minimum atomic E-state index is 0.303. The van der Waals surface area contributed by atoms with Crippen molar-refractivity contribution in [1.82, 2.24) is 4.98 Å². The molecule has 2 aliphatic rings. The first kappa shape index (κ1) is 12.2. The molecule has 1 aliphatic heterocycles. The average molecular weight is 264 g/mol. The van der Waals surface area contributed by atoms with E-state index in [0.717, 1.165) is 41.6 Å². The zero-order valence-electron chi connectivity index (χ0n) is 11.2. The Kier molecular flexibility index (Phi) is 2.93. The molecule has 18 heavy (non-hydrogen) atoms. The third-order valence-corrected chi connectivity index (χ3v) is 5.34. The van der Waals surface area contributed by atoms with Crippen LogP contribution in [-0.4, -0.2) is 23.9 Å². The van der Waals surface area contributed by atoms with Crippen LogP contribution in [0.4, 0.5) is 5.13 Å². The lowest BCUT2D eigenvalue weighted by molar-refractivity contribution is 0.0976. The molecule has 4 heteroatoms. The van der Waals surface area contributed by atoms with Crippen molar-refractivity contribution in [3.8, 4) is 0 Å². The first-order valence-electron chi connectivity index (χ1n) is 6.83. The van der Waals surface area contributed by atoms with Gasteiger partial charge in [0.05, 0.1) is 10.6 Å². The van der Waals surface area contributed by atoms with Crippen molar-refractivity contribution in [3.63, 3.8) is 0 Å². The van der Waals surface area contributed by atoms with Gasteiger partial charge >= 0.3 is 0 Å². The van der Waals surface area contributed by atoms with Gasteiger partial charge in [0.1, 0.15) is 0 Å². The van der Waals surface area contributed by atoms with E-state index in [0.29, 0.717) is 17.6 Å². The summed E-state index contributed by atoms with van der Waals surface area (Å²) in [4.78, 5) is 19.8. The quantitative estimate of drug-likeness (QED) is 0.780. The zero-order valence-corrected chi connectivity index (χ0v) is 12.0. The Labute approximate surface area is 112 Å². The number of aromatic nitrogens is 1. The molecule has 0 spiro atoms. The van der Waals surface area contributed by atoms with Crippen molar-refractivity contribution < 1.29 is 4.79 Å². The molecular formula is C14H20N2OS. The first-order chi connectivity index (χ1) is 8.55. The Morgan fingerprint density at radius 2 is 1.94 bits per heavy atom. The fraction of sp³-hybridized carbons (Fsp3) is 0.714. The van der Waals surface area contributed by atoms with E-state index in [9.17, 15) is 4.79 Å². The Bertz CT molecular complexity index is 468. The first-order valence-corrected chi connectivity index (χ1v) is 7.65. The smallest absolute Gasteiger partial charge is 0.186 e. The van der Waals surface area contributed by atoms with Crippen LogP contribution in [-0.2, 0) is 6.42 Å². The third-order valence-electron chi connectivity index (χ3n) is 4.14. The van der Waals surface area contributed by atoms with Gasteiger partial charge in [-0.1, -0.05) is 25.2 Å². The topological polar surface area (TPSA) is 33.2 Å². The maximum absolute atomic E-state index is 11.8. The molecule has 2 heterocycles. The lowest BCUT2D eigenvalue weighted by atomic mass is 9.83. The predicted octanol–water partition coefficient (Wildman–Crippen LogP) is 3.29. The predicted molar refractivity (Wildman–Crippen MR) is 74.6 cm³/mol. The zero-order chi connectivity index (χ0) is 12.8. The van der Waals surface area contributed by atoms with Crippen LogP contribution in [0.2, 0.25) is 0 Å². The summed E-state index contributed by atoms with van der Waals surface area (Å²) in [6.45, 7) is 6.82. The Hall–Kier alpha value is -0.900. The highest BCUT2D eigenvalue weighted by atomic mass is 32.1. The normalized spacial score (nSPS) is 23.0. The van der Waals surface area contributed by atoms with E-state index in [2.05, 4.69) is 18.7 Å². The van der Waals surface area contributed by atoms with Crippen LogP contribution >= 0.6 is 11.3 Å². The molecule has 1 saturated heterocycles. The number of carbonyl (C=O) groups excluding carboxylic acids is 1. The molecule has 3 nitrogen and oxygen atoms in total. The Balaban J connectivity index is 1.80.